The Hall–Kier alpha value is -2.37. The summed E-state index contributed by atoms with van der Waals surface area (Å²) in [7, 11) is 1.76. The van der Waals surface area contributed by atoms with Gasteiger partial charge in [0.15, 0.2) is 11.8 Å². The van der Waals surface area contributed by atoms with Gasteiger partial charge in [0.05, 0.1) is 0 Å². The molecular formula is C14H20N6. The van der Waals surface area contributed by atoms with Crippen molar-refractivity contribution in [2.75, 3.05) is 7.05 Å². The van der Waals surface area contributed by atoms with Crippen molar-refractivity contribution >= 4 is 5.96 Å². The monoisotopic (exact) mass is 272 g/mol. The molecule has 6 heteroatoms. The zero-order valence-corrected chi connectivity index (χ0v) is 12.0. The van der Waals surface area contributed by atoms with Gasteiger partial charge in [-0.3, -0.25) is 4.99 Å². The van der Waals surface area contributed by atoms with E-state index in [9.17, 15) is 0 Å². The van der Waals surface area contributed by atoms with Crippen LogP contribution in [0.1, 0.15) is 19.4 Å². The Balaban J connectivity index is 2.02. The lowest BCUT2D eigenvalue weighted by Gasteiger charge is -2.14. The fourth-order valence-electron chi connectivity index (χ4n) is 1.75. The smallest absolute Gasteiger partial charge is 0.191 e. The summed E-state index contributed by atoms with van der Waals surface area (Å²) in [6.07, 6.45) is 5.40. The number of guanidine groups is 1. The Labute approximate surface area is 119 Å². The summed E-state index contributed by atoms with van der Waals surface area (Å²) in [6, 6.07) is 6.20. The van der Waals surface area contributed by atoms with Crippen LogP contribution in [0.5, 0.6) is 0 Å². The summed E-state index contributed by atoms with van der Waals surface area (Å²) < 4.78 is 1.74. The van der Waals surface area contributed by atoms with Gasteiger partial charge in [0, 0.05) is 38.2 Å². The quantitative estimate of drug-likeness (QED) is 0.651. The molecule has 0 unspecified atom stereocenters. The van der Waals surface area contributed by atoms with Crippen LogP contribution in [0.4, 0.5) is 0 Å². The summed E-state index contributed by atoms with van der Waals surface area (Å²) in [6.45, 7) is 4.84. The van der Waals surface area contributed by atoms with Crippen LogP contribution in [0.25, 0.3) is 5.82 Å². The van der Waals surface area contributed by atoms with Crippen molar-refractivity contribution in [3.63, 3.8) is 0 Å². The predicted octanol–water partition coefficient (Wildman–Crippen LogP) is 1.34. The van der Waals surface area contributed by atoms with Crippen LogP contribution < -0.4 is 10.6 Å². The van der Waals surface area contributed by atoms with E-state index in [1.54, 1.807) is 24.1 Å². The van der Waals surface area contributed by atoms with Crippen LogP contribution in [-0.4, -0.2) is 33.8 Å². The Kier molecular flexibility index (Phi) is 4.70. The normalized spacial score (nSPS) is 11.7. The van der Waals surface area contributed by atoms with Gasteiger partial charge in [-0.1, -0.05) is 0 Å². The maximum absolute atomic E-state index is 4.30. The van der Waals surface area contributed by atoms with Crippen LogP contribution in [-0.2, 0) is 6.54 Å². The number of pyridine rings is 1. The van der Waals surface area contributed by atoms with E-state index in [2.05, 4.69) is 39.6 Å². The molecule has 0 saturated heterocycles. The molecule has 0 amide bonds. The number of aliphatic imine (C=N–C) groups is 1. The van der Waals surface area contributed by atoms with Crippen molar-refractivity contribution in [2.45, 2.75) is 26.4 Å². The first-order chi connectivity index (χ1) is 9.69. The Morgan fingerprint density at radius 2 is 2.25 bits per heavy atom. The summed E-state index contributed by atoms with van der Waals surface area (Å²) in [4.78, 5) is 8.48. The summed E-state index contributed by atoms with van der Waals surface area (Å²) in [5, 5.41) is 10.7. The number of hydrogen-bond donors (Lipinski definition) is 2. The summed E-state index contributed by atoms with van der Waals surface area (Å²) >= 11 is 0. The van der Waals surface area contributed by atoms with Crippen molar-refractivity contribution in [3.8, 4) is 5.82 Å². The highest BCUT2D eigenvalue weighted by atomic mass is 15.3. The van der Waals surface area contributed by atoms with E-state index in [1.165, 1.54) is 0 Å². The minimum Gasteiger partial charge on any atom is -0.354 e. The minimum atomic E-state index is 0.346. The number of rotatable bonds is 4. The summed E-state index contributed by atoms with van der Waals surface area (Å²) in [5.41, 5.74) is 1.12. The molecular weight excluding hydrogens is 252 g/mol. The molecule has 2 N–H and O–H groups in total. The zero-order valence-electron chi connectivity index (χ0n) is 12.0. The number of nitrogens with one attached hydrogen (secondary N) is 2. The molecule has 2 aromatic rings. The van der Waals surface area contributed by atoms with Gasteiger partial charge >= 0.3 is 0 Å². The molecule has 2 rings (SSSR count). The van der Waals surface area contributed by atoms with Crippen molar-refractivity contribution in [2.24, 2.45) is 4.99 Å². The van der Waals surface area contributed by atoms with Gasteiger partial charge in [0.25, 0.3) is 0 Å². The van der Waals surface area contributed by atoms with Gasteiger partial charge in [-0.25, -0.2) is 9.67 Å². The van der Waals surface area contributed by atoms with Gasteiger partial charge in [-0.15, -0.1) is 0 Å². The molecule has 0 atom stereocenters. The molecule has 2 aromatic heterocycles. The van der Waals surface area contributed by atoms with Crippen molar-refractivity contribution in [1.82, 2.24) is 25.4 Å². The van der Waals surface area contributed by atoms with Crippen LogP contribution in [0.15, 0.2) is 41.8 Å². The number of hydrogen-bond acceptors (Lipinski definition) is 3. The van der Waals surface area contributed by atoms with Crippen molar-refractivity contribution in [1.29, 1.82) is 0 Å². The molecule has 0 aliphatic carbocycles. The van der Waals surface area contributed by atoms with Crippen LogP contribution in [0.3, 0.4) is 0 Å². The second-order valence-corrected chi connectivity index (χ2v) is 4.70. The molecule has 0 spiro atoms. The summed E-state index contributed by atoms with van der Waals surface area (Å²) in [5.74, 6) is 1.60. The number of nitrogens with zero attached hydrogens (tertiary/aromatic N) is 4. The minimum absolute atomic E-state index is 0.346. The Morgan fingerprint density at radius 1 is 1.40 bits per heavy atom. The van der Waals surface area contributed by atoms with Crippen LogP contribution >= 0.6 is 0 Å². The van der Waals surface area contributed by atoms with Crippen molar-refractivity contribution < 1.29 is 0 Å². The van der Waals surface area contributed by atoms with E-state index < -0.39 is 0 Å². The molecule has 0 radical (unpaired) electrons. The third-order valence-electron chi connectivity index (χ3n) is 2.66. The molecule has 0 aromatic carbocycles. The highest BCUT2D eigenvalue weighted by Crippen LogP contribution is 2.05. The maximum Gasteiger partial charge on any atom is 0.191 e. The van der Waals surface area contributed by atoms with Gasteiger partial charge in [-0.05, 0) is 37.6 Å². The molecule has 0 aliphatic rings. The third-order valence-corrected chi connectivity index (χ3v) is 2.66. The fourth-order valence-corrected chi connectivity index (χ4v) is 1.75. The second kappa shape index (κ2) is 6.70. The van der Waals surface area contributed by atoms with E-state index in [1.807, 2.05) is 24.4 Å². The molecule has 0 aliphatic heterocycles. The van der Waals surface area contributed by atoms with Crippen LogP contribution in [0.2, 0.25) is 0 Å². The third kappa shape index (κ3) is 3.81. The SMILES string of the molecule is CN=C(NCc1ccnc(-n2cccn2)c1)NC(C)C. The van der Waals surface area contributed by atoms with E-state index in [0.29, 0.717) is 12.6 Å². The number of aromatic nitrogens is 3. The van der Waals surface area contributed by atoms with E-state index in [4.69, 9.17) is 0 Å². The molecule has 0 saturated carbocycles. The van der Waals surface area contributed by atoms with Gasteiger partial charge in [0.1, 0.15) is 0 Å². The zero-order chi connectivity index (χ0) is 14.4. The van der Waals surface area contributed by atoms with E-state index in [-0.39, 0.29) is 0 Å². The van der Waals surface area contributed by atoms with E-state index >= 15 is 0 Å². The Bertz CT molecular complexity index is 559. The molecule has 106 valence electrons. The van der Waals surface area contributed by atoms with Gasteiger partial charge in [-0.2, -0.15) is 5.10 Å². The second-order valence-electron chi connectivity index (χ2n) is 4.70. The maximum atomic E-state index is 4.30. The van der Waals surface area contributed by atoms with Gasteiger partial charge in [0.2, 0.25) is 0 Å². The largest absolute Gasteiger partial charge is 0.354 e. The molecule has 0 bridgehead atoms. The fraction of sp³-hybridized carbons (Fsp3) is 0.357. The van der Waals surface area contributed by atoms with E-state index in [0.717, 1.165) is 17.3 Å². The van der Waals surface area contributed by atoms with Crippen LogP contribution in [0, 0.1) is 0 Å². The standard InChI is InChI=1S/C14H20N6/c1-11(2)19-14(15-3)17-10-12-5-7-16-13(9-12)20-8-4-6-18-20/h4-9,11H,10H2,1-3H3,(H2,15,17,19). The molecule has 2 heterocycles. The topological polar surface area (TPSA) is 67.1 Å². The van der Waals surface area contributed by atoms with Gasteiger partial charge < -0.3 is 10.6 Å². The highest BCUT2D eigenvalue weighted by Gasteiger charge is 2.02. The molecule has 6 nitrogen and oxygen atoms in total. The lowest BCUT2D eigenvalue weighted by atomic mass is 10.2. The first-order valence-electron chi connectivity index (χ1n) is 6.61. The first kappa shape index (κ1) is 14.0. The highest BCUT2D eigenvalue weighted by molar-refractivity contribution is 5.79. The average Bonchev–Trinajstić information content (AvgIpc) is 2.97. The molecule has 0 fully saturated rings. The Morgan fingerprint density at radius 3 is 2.90 bits per heavy atom. The lowest BCUT2D eigenvalue weighted by Crippen LogP contribution is -2.40. The molecule has 20 heavy (non-hydrogen) atoms. The predicted molar refractivity (Wildman–Crippen MR) is 79.8 cm³/mol. The lowest BCUT2D eigenvalue weighted by molar-refractivity contribution is 0.699. The average molecular weight is 272 g/mol. The van der Waals surface area contributed by atoms with Crippen molar-refractivity contribution in [3.05, 3.63) is 42.4 Å². The first-order valence-corrected chi connectivity index (χ1v) is 6.61.